The molecule has 2 fully saturated rings. The summed E-state index contributed by atoms with van der Waals surface area (Å²) in [4.78, 5) is 31.7. The van der Waals surface area contributed by atoms with E-state index in [0.29, 0.717) is 11.1 Å². The maximum Gasteiger partial charge on any atom is 0.280 e. The summed E-state index contributed by atoms with van der Waals surface area (Å²) in [6, 6.07) is 10.2. The molecule has 0 spiro atoms. The third-order valence-electron chi connectivity index (χ3n) is 7.12. The number of rotatable bonds is 8. The van der Waals surface area contributed by atoms with Crippen molar-refractivity contribution in [2.24, 2.45) is 7.05 Å². The molecule has 1 saturated heterocycles. The highest BCUT2D eigenvalue weighted by atomic mass is 19.3. The van der Waals surface area contributed by atoms with E-state index in [4.69, 9.17) is 0 Å². The number of likely N-dealkylation sites (tertiary alicyclic amines) is 1. The summed E-state index contributed by atoms with van der Waals surface area (Å²) in [7, 11) is 1.34. The lowest BCUT2D eigenvalue weighted by Gasteiger charge is -2.26. The number of carbonyl (C=O) groups is 2. The van der Waals surface area contributed by atoms with E-state index >= 15 is 0 Å². The standard InChI is InChI=1S/C27H27F4N5O2/c1-35-24(25(29)30)17(13-32-35)11-22(37)36-14-18(28)12-21(36)27(38)34-23(16-5-3-2-4-6-16)20-10-9-19(15-7-8-15)26(31)33-20/h2-6,9-10,13,15,18,21,23,25H,7-8,11-12,14H2,1H3,(H,34,38)/t18-,21+,23+/m1/s1. The molecule has 2 amide bonds. The Morgan fingerprint density at radius 3 is 2.53 bits per heavy atom. The summed E-state index contributed by atoms with van der Waals surface area (Å²) in [6.07, 6.45) is -1.99. The average molecular weight is 530 g/mol. The molecule has 1 saturated carbocycles. The molecule has 200 valence electrons. The lowest BCUT2D eigenvalue weighted by molar-refractivity contribution is -0.138. The summed E-state index contributed by atoms with van der Waals surface area (Å²) in [6.45, 7) is -0.333. The van der Waals surface area contributed by atoms with Gasteiger partial charge in [-0.2, -0.15) is 9.49 Å². The molecule has 2 aliphatic rings. The van der Waals surface area contributed by atoms with Crippen LogP contribution in [0.3, 0.4) is 0 Å². The molecule has 1 aliphatic carbocycles. The Morgan fingerprint density at radius 2 is 1.87 bits per heavy atom. The fraction of sp³-hybridized carbons (Fsp3) is 0.407. The van der Waals surface area contributed by atoms with Crippen LogP contribution in [0, 0.1) is 5.95 Å². The molecule has 11 heteroatoms. The van der Waals surface area contributed by atoms with Crippen LogP contribution in [0.25, 0.3) is 0 Å². The third-order valence-corrected chi connectivity index (χ3v) is 7.12. The van der Waals surface area contributed by atoms with Crippen molar-refractivity contribution < 1.29 is 27.2 Å². The quantitative estimate of drug-likeness (QED) is 0.351. The van der Waals surface area contributed by atoms with Crippen LogP contribution in [0.4, 0.5) is 17.6 Å². The largest absolute Gasteiger partial charge is 0.342 e. The first kappa shape index (κ1) is 25.9. The van der Waals surface area contributed by atoms with Crippen molar-refractivity contribution in [1.82, 2.24) is 25.0 Å². The van der Waals surface area contributed by atoms with Gasteiger partial charge in [-0.25, -0.2) is 18.2 Å². The predicted octanol–water partition coefficient (Wildman–Crippen LogP) is 4.16. The molecule has 2 aromatic heterocycles. The van der Waals surface area contributed by atoms with Gasteiger partial charge in [-0.05, 0) is 30.4 Å². The zero-order chi connectivity index (χ0) is 27.0. The molecule has 0 radical (unpaired) electrons. The number of alkyl halides is 3. The number of pyridine rings is 1. The van der Waals surface area contributed by atoms with Gasteiger partial charge in [-0.15, -0.1) is 0 Å². The fourth-order valence-electron chi connectivity index (χ4n) is 5.01. The molecule has 3 heterocycles. The van der Waals surface area contributed by atoms with Crippen molar-refractivity contribution in [3.63, 3.8) is 0 Å². The van der Waals surface area contributed by atoms with E-state index in [1.807, 2.05) is 0 Å². The first-order valence-electron chi connectivity index (χ1n) is 12.5. The lowest BCUT2D eigenvalue weighted by Crippen LogP contribution is -2.47. The zero-order valence-corrected chi connectivity index (χ0v) is 20.7. The van der Waals surface area contributed by atoms with Gasteiger partial charge in [0.05, 0.1) is 30.9 Å². The number of hydrogen-bond acceptors (Lipinski definition) is 4. The summed E-state index contributed by atoms with van der Waals surface area (Å²) in [5.74, 6) is -1.73. The van der Waals surface area contributed by atoms with Crippen LogP contribution in [-0.2, 0) is 23.1 Å². The van der Waals surface area contributed by atoms with E-state index < -0.39 is 54.6 Å². The van der Waals surface area contributed by atoms with Gasteiger partial charge in [0.15, 0.2) is 0 Å². The first-order valence-corrected chi connectivity index (χ1v) is 12.5. The number of aromatic nitrogens is 3. The number of nitrogens with zero attached hydrogens (tertiary/aromatic N) is 4. The Bertz CT molecular complexity index is 1330. The van der Waals surface area contributed by atoms with Gasteiger partial charge in [-0.1, -0.05) is 36.4 Å². The van der Waals surface area contributed by atoms with E-state index in [1.165, 1.54) is 13.2 Å². The second kappa shape index (κ2) is 10.5. The van der Waals surface area contributed by atoms with E-state index in [-0.39, 0.29) is 30.1 Å². The number of benzene rings is 1. The number of carbonyl (C=O) groups excluding carboxylic acids is 2. The number of aryl methyl sites for hydroxylation is 1. The normalized spacial score (nSPS) is 20.1. The van der Waals surface area contributed by atoms with Gasteiger partial charge in [0.25, 0.3) is 6.43 Å². The van der Waals surface area contributed by atoms with Gasteiger partial charge in [0, 0.05) is 24.6 Å². The van der Waals surface area contributed by atoms with Crippen LogP contribution in [0.2, 0.25) is 0 Å². The predicted molar refractivity (Wildman–Crippen MR) is 129 cm³/mol. The van der Waals surface area contributed by atoms with Gasteiger partial charge >= 0.3 is 0 Å². The van der Waals surface area contributed by atoms with Crippen molar-refractivity contribution in [2.45, 2.75) is 56.3 Å². The molecule has 7 nitrogen and oxygen atoms in total. The van der Waals surface area contributed by atoms with Crippen LogP contribution >= 0.6 is 0 Å². The highest BCUT2D eigenvalue weighted by Gasteiger charge is 2.41. The number of halogens is 4. The average Bonchev–Trinajstić information content (AvgIpc) is 3.55. The lowest BCUT2D eigenvalue weighted by atomic mass is 10.0. The number of nitrogens with one attached hydrogen (secondary N) is 1. The molecule has 38 heavy (non-hydrogen) atoms. The van der Waals surface area contributed by atoms with Crippen molar-refractivity contribution in [1.29, 1.82) is 0 Å². The minimum absolute atomic E-state index is 0.0200. The Hall–Kier alpha value is -3.76. The molecule has 3 aromatic rings. The van der Waals surface area contributed by atoms with Crippen molar-refractivity contribution in [3.8, 4) is 0 Å². The fourth-order valence-corrected chi connectivity index (χ4v) is 5.01. The van der Waals surface area contributed by atoms with Crippen LogP contribution in [0.15, 0.2) is 48.7 Å². The molecule has 1 aliphatic heterocycles. The Morgan fingerprint density at radius 1 is 1.13 bits per heavy atom. The summed E-state index contributed by atoms with van der Waals surface area (Å²) in [5, 5.41) is 6.62. The molecule has 1 N–H and O–H groups in total. The molecule has 0 unspecified atom stereocenters. The number of amides is 2. The van der Waals surface area contributed by atoms with E-state index in [1.54, 1.807) is 42.5 Å². The maximum absolute atomic E-state index is 14.8. The van der Waals surface area contributed by atoms with Crippen molar-refractivity contribution in [3.05, 3.63) is 82.7 Å². The highest BCUT2D eigenvalue weighted by Crippen LogP contribution is 2.41. The highest BCUT2D eigenvalue weighted by molar-refractivity contribution is 5.89. The minimum atomic E-state index is -2.84. The third kappa shape index (κ3) is 5.27. The number of hydrogen-bond donors (Lipinski definition) is 1. The SMILES string of the molecule is Cn1ncc(CC(=O)N2C[C@H](F)C[C@H]2C(=O)N[C@@H](c2ccccc2)c2ccc(C3CC3)c(F)n2)c1C(F)F. The van der Waals surface area contributed by atoms with Crippen LogP contribution in [-0.4, -0.2) is 50.2 Å². The van der Waals surface area contributed by atoms with E-state index in [2.05, 4.69) is 15.4 Å². The first-order chi connectivity index (χ1) is 18.2. The molecular formula is C27H27F4N5O2. The van der Waals surface area contributed by atoms with Crippen molar-refractivity contribution in [2.75, 3.05) is 6.54 Å². The summed E-state index contributed by atoms with van der Waals surface area (Å²) in [5.41, 5.74) is 1.07. The topological polar surface area (TPSA) is 80.1 Å². The maximum atomic E-state index is 14.8. The molecule has 5 rings (SSSR count). The van der Waals surface area contributed by atoms with Crippen molar-refractivity contribution >= 4 is 11.8 Å². The monoisotopic (exact) mass is 529 g/mol. The molecule has 1 aromatic carbocycles. The van der Waals surface area contributed by atoms with Gasteiger partial charge in [0.2, 0.25) is 17.8 Å². The van der Waals surface area contributed by atoms with Gasteiger partial charge in [-0.3, -0.25) is 14.3 Å². The van der Waals surface area contributed by atoms with Crippen LogP contribution in [0.1, 0.15) is 65.7 Å². The second-order valence-electron chi connectivity index (χ2n) is 9.79. The molecular weight excluding hydrogens is 502 g/mol. The minimum Gasteiger partial charge on any atom is -0.342 e. The molecule has 3 atom stereocenters. The van der Waals surface area contributed by atoms with Gasteiger partial charge < -0.3 is 10.2 Å². The van der Waals surface area contributed by atoms with Gasteiger partial charge in [0.1, 0.15) is 17.9 Å². The smallest absolute Gasteiger partial charge is 0.280 e. The zero-order valence-electron chi connectivity index (χ0n) is 20.7. The van der Waals surface area contributed by atoms with Crippen LogP contribution < -0.4 is 5.32 Å². The summed E-state index contributed by atoms with van der Waals surface area (Å²) < 4.78 is 57.1. The second-order valence-corrected chi connectivity index (χ2v) is 9.79. The van der Waals surface area contributed by atoms with E-state index in [0.717, 1.165) is 22.4 Å². The summed E-state index contributed by atoms with van der Waals surface area (Å²) >= 11 is 0. The Balaban J connectivity index is 1.38. The Kier molecular flexibility index (Phi) is 7.18. The van der Waals surface area contributed by atoms with Crippen LogP contribution in [0.5, 0.6) is 0 Å². The molecule has 0 bridgehead atoms. The Labute approximate surface area is 216 Å². The van der Waals surface area contributed by atoms with E-state index in [9.17, 15) is 27.2 Å².